The van der Waals surface area contributed by atoms with Crippen molar-refractivity contribution in [3.05, 3.63) is 59.8 Å². The maximum absolute atomic E-state index is 3.69. The third kappa shape index (κ3) is 12.7. The second-order valence-corrected chi connectivity index (χ2v) is 4.26. The first-order valence-corrected chi connectivity index (χ1v) is 5.58. The molecule has 0 heteroatoms. The molecule has 0 bridgehead atoms. The third-order valence-electron chi connectivity index (χ3n) is 1.63. The van der Waals surface area contributed by atoms with Crippen LogP contribution in [0.4, 0.5) is 0 Å². The minimum Gasteiger partial charge on any atom is -0.100 e. The van der Waals surface area contributed by atoms with Gasteiger partial charge in [0.05, 0.1) is 0 Å². The number of rotatable bonds is 3. The maximum atomic E-state index is 3.69. The highest BCUT2D eigenvalue weighted by atomic mass is 14.0. The molecule has 0 radical (unpaired) electrons. The second kappa shape index (κ2) is 10.2. The van der Waals surface area contributed by atoms with E-state index in [1.54, 1.807) is 0 Å². The van der Waals surface area contributed by atoms with Crippen LogP contribution in [-0.2, 0) is 0 Å². The van der Waals surface area contributed by atoms with Crippen molar-refractivity contribution in [2.75, 3.05) is 0 Å². The molecule has 0 nitrogen and oxygen atoms in total. The van der Waals surface area contributed by atoms with Gasteiger partial charge < -0.3 is 0 Å². The number of hydrogen-bond donors (Lipinski definition) is 0. The van der Waals surface area contributed by atoms with Gasteiger partial charge in [0.2, 0.25) is 0 Å². The van der Waals surface area contributed by atoms with Crippen molar-refractivity contribution >= 4 is 0 Å². The van der Waals surface area contributed by atoms with Gasteiger partial charge in [-0.3, -0.25) is 0 Å². The molecule has 0 amide bonds. The first-order chi connectivity index (χ1) is 7.34. The van der Waals surface area contributed by atoms with Gasteiger partial charge in [0.15, 0.2) is 0 Å². The quantitative estimate of drug-likeness (QED) is 0.426. The molecular weight excluding hydrogens is 192 g/mol. The van der Waals surface area contributed by atoms with E-state index in [2.05, 4.69) is 46.1 Å². The molecule has 0 aliphatic carbocycles. The van der Waals surface area contributed by atoms with Crippen molar-refractivity contribution in [3.63, 3.8) is 0 Å². The predicted octanol–water partition coefficient (Wildman–Crippen LogP) is 5.61. The van der Waals surface area contributed by atoms with Gasteiger partial charge in [-0.05, 0) is 52.7 Å². The zero-order valence-electron chi connectivity index (χ0n) is 11.7. The van der Waals surface area contributed by atoms with Crippen LogP contribution in [0.2, 0.25) is 0 Å². The van der Waals surface area contributed by atoms with Gasteiger partial charge in [-0.2, -0.15) is 0 Å². The van der Waals surface area contributed by atoms with E-state index in [1.165, 1.54) is 22.3 Å². The summed E-state index contributed by atoms with van der Waals surface area (Å²) >= 11 is 0. The van der Waals surface area contributed by atoms with Crippen molar-refractivity contribution in [3.8, 4) is 0 Å². The van der Waals surface area contributed by atoms with Gasteiger partial charge in [-0.25, -0.2) is 0 Å². The lowest BCUT2D eigenvalue weighted by Gasteiger charge is -2.01. The summed E-state index contributed by atoms with van der Waals surface area (Å²) in [7, 11) is 0. The van der Waals surface area contributed by atoms with Gasteiger partial charge in [0.1, 0.15) is 0 Å². The van der Waals surface area contributed by atoms with E-state index in [0.29, 0.717) is 0 Å². The average Bonchev–Trinajstić information content (AvgIpc) is 2.14. The molecule has 0 fully saturated rings. The van der Waals surface area contributed by atoms with Crippen LogP contribution in [0.15, 0.2) is 59.8 Å². The second-order valence-electron chi connectivity index (χ2n) is 4.26. The highest BCUT2D eigenvalue weighted by Crippen LogP contribution is 2.12. The van der Waals surface area contributed by atoms with E-state index in [9.17, 15) is 0 Å². The lowest BCUT2D eigenvalue weighted by Crippen LogP contribution is -1.81. The predicted molar refractivity (Wildman–Crippen MR) is 77.6 cm³/mol. The molecule has 0 aromatic carbocycles. The van der Waals surface area contributed by atoms with Crippen LogP contribution in [0.5, 0.6) is 0 Å². The minimum absolute atomic E-state index is 1.17. The van der Waals surface area contributed by atoms with Crippen LogP contribution >= 0.6 is 0 Å². The normalized spacial score (nSPS) is 11.1. The van der Waals surface area contributed by atoms with Crippen molar-refractivity contribution < 1.29 is 0 Å². The molecule has 0 aliphatic heterocycles. The highest BCUT2D eigenvalue weighted by Gasteiger charge is 1.92. The van der Waals surface area contributed by atoms with Crippen molar-refractivity contribution in [2.24, 2.45) is 0 Å². The summed E-state index contributed by atoms with van der Waals surface area (Å²) in [4.78, 5) is 0. The van der Waals surface area contributed by atoms with Crippen LogP contribution in [0.1, 0.15) is 41.5 Å². The molecule has 0 heterocycles. The molecule has 0 saturated heterocycles. The van der Waals surface area contributed by atoms with Crippen LogP contribution in [0.3, 0.4) is 0 Å². The van der Waals surface area contributed by atoms with Gasteiger partial charge in [-0.1, -0.05) is 42.0 Å². The molecule has 0 unspecified atom stereocenters. The summed E-state index contributed by atoms with van der Waals surface area (Å²) in [5.41, 5.74) is 5.01. The Labute approximate surface area is 102 Å². The molecule has 0 spiro atoms. The highest BCUT2D eigenvalue weighted by molar-refractivity contribution is 5.41. The first kappa shape index (κ1) is 17.1. The summed E-state index contributed by atoms with van der Waals surface area (Å²) < 4.78 is 0. The molecule has 0 aromatic rings. The molecule has 0 saturated carbocycles. The van der Waals surface area contributed by atoms with Crippen molar-refractivity contribution in [1.29, 1.82) is 0 Å². The van der Waals surface area contributed by atoms with Crippen molar-refractivity contribution in [2.45, 2.75) is 41.5 Å². The van der Waals surface area contributed by atoms with E-state index >= 15 is 0 Å². The molecule has 0 atom stereocenters. The average molecular weight is 218 g/mol. The molecule has 0 rings (SSSR count). The Balaban J connectivity index is 0. The Morgan fingerprint density at radius 1 is 1.00 bits per heavy atom. The minimum atomic E-state index is 1.17. The standard InChI is InChI=1S/C12H18.C4H8/c1-6-8-12(9-10(3)4)11(5)7-2;1-4(2)3/h6-9H,1H2,2-5H3;1H2,2-3H3/b11-7+,12-8+;. The summed E-state index contributed by atoms with van der Waals surface area (Å²) in [6, 6.07) is 0. The maximum Gasteiger partial charge on any atom is -0.0231 e. The van der Waals surface area contributed by atoms with Crippen molar-refractivity contribution in [1.82, 2.24) is 0 Å². The van der Waals surface area contributed by atoms with E-state index < -0.39 is 0 Å². The third-order valence-corrected chi connectivity index (χ3v) is 1.63. The number of hydrogen-bond acceptors (Lipinski definition) is 0. The summed E-state index contributed by atoms with van der Waals surface area (Å²) in [6.07, 6.45) is 8.12. The van der Waals surface area contributed by atoms with Crippen LogP contribution in [0, 0.1) is 0 Å². The number of allylic oxidation sites excluding steroid dienone is 8. The van der Waals surface area contributed by atoms with E-state index in [1.807, 2.05) is 32.9 Å². The lowest BCUT2D eigenvalue weighted by atomic mass is 10.0. The van der Waals surface area contributed by atoms with Crippen LogP contribution in [0.25, 0.3) is 0 Å². The molecule has 0 aliphatic rings. The van der Waals surface area contributed by atoms with Gasteiger partial charge in [0, 0.05) is 0 Å². The summed E-state index contributed by atoms with van der Waals surface area (Å²) in [6.45, 7) is 19.5. The Morgan fingerprint density at radius 2 is 1.44 bits per heavy atom. The monoisotopic (exact) mass is 218 g/mol. The molecule has 16 heavy (non-hydrogen) atoms. The summed E-state index contributed by atoms with van der Waals surface area (Å²) in [5.74, 6) is 0. The molecule has 0 aromatic heterocycles. The zero-order chi connectivity index (χ0) is 13.1. The largest absolute Gasteiger partial charge is 0.100 e. The van der Waals surface area contributed by atoms with Crippen LogP contribution in [-0.4, -0.2) is 0 Å². The van der Waals surface area contributed by atoms with E-state index in [-0.39, 0.29) is 0 Å². The fraction of sp³-hybridized carbons (Fsp3) is 0.375. The van der Waals surface area contributed by atoms with Gasteiger partial charge >= 0.3 is 0 Å². The molecule has 90 valence electrons. The lowest BCUT2D eigenvalue weighted by molar-refractivity contribution is 1.33. The Morgan fingerprint density at radius 3 is 1.69 bits per heavy atom. The first-order valence-electron chi connectivity index (χ1n) is 5.58. The van der Waals surface area contributed by atoms with Gasteiger partial charge in [-0.15, -0.1) is 6.58 Å². The SMILES string of the molecule is C=C(C)C.C=C/C=C(C=C(C)C)/C(C)=C/C. The van der Waals surface area contributed by atoms with Crippen LogP contribution < -0.4 is 0 Å². The Kier molecular flexibility index (Phi) is 10.9. The van der Waals surface area contributed by atoms with Gasteiger partial charge in [0.25, 0.3) is 0 Å². The Bertz CT molecular complexity index is 301. The van der Waals surface area contributed by atoms with E-state index in [4.69, 9.17) is 0 Å². The Hall–Kier alpha value is -1.30. The molecule has 0 N–H and O–H groups in total. The zero-order valence-corrected chi connectivity index (χ0v) is 11.7. The van der Waals surface area contributed by atoms with E-state index in [0.717, 1.165) is 0 Å². The molecular formula is C16H26. The topological polar surface area (TPSA) is 0 Å². The summed E-state index contributed by atoms with van der Waals surface area (Å²) in [5, 5.41) is 0. The fourth-order valence-electron chi connectivity index (χ4n) is 0.898. The fourth-order valence-corrected chi connectivity index (χ4v) is 0.898. The smallest absolute Gasteiger partial charge is 0.0231 e.